The van der Waals surface area contributed by atoms with Crippen LogP contribution in [0.4, 0.5) is 5.69 Å². The van der Waals surface area contributed by atoms with Gasteiger partial charge in [-0.15, -0.1) is 0 Å². The van der Waals surface area contributed by atoms with E-state index in [9.17, 15) is 9.59 Å². The van der Waals surface area contributed by atoms with Crippen LogP contribution in [0.25, 0.3) is 0 Å². The Morgan fingerprint density at radius 1 is 0.905 bits per heavy atom. The fourth-order valence-corrected chi connectivity index (χ4v) is 2.12. The summed E-state index contributed by atoms with van der Waals surface area (Å²) in [5.41, 5.74) is 1.42. The summed E-state index contributed by atoms with van der Waals surface area (Å²) in [5, 5.41) is 0. The second-order valence-electron chi connectivity index (χ2n) is 4.60. The molecule has 4 heteroatoms. The van der Waals surface area contributed by atoms with E-state index < -0.39 is 12.2 Å². The number of rotatable bonds is 4. The number of hydrogen-bond donors (Lipinski definition) is 0. The van der Waals surface area contributed by atoms with E-state index in [1.165, 1.54) is 18.7 Å². The third-order valence-electron chi connectivity index (χ3n) is 2.97. The molecule has 1 unspecified atom stereocenters. The van der Waals surface area contributed by atoms with Crippen molar-refractivity contribution >= 4 is 17.6 Å². The van der Waals surface area contributed by atoms with Crippen LogP contribution in [0.2, 0.25) is 0 Å². The molecule has 0 aliphatic rings. The number of esters is 1. The van der Waals surface area contributed by atoms with Gasteiger partial charge >= 0.3 is 5.97 Å². The number of amides is 1. The zero-order valence-electron chi connectivity index (χ0n) is 12.0. The molecule has 2 rings (SSSR count). The van der Waals surface area contributed by atoms with Crippen molar-refractivity contribution in [3.8, 4) is 0 Å². The first kappa shape index (κ1) is 14.8. The van der Waals surface area contributed by atoms with Gasteiger partial charge < -0.3 is 4.74 Å². The number of anilines is 1. The van der Waals surface area contributed by atoms with Gasteiger partial charge in [0.2, 0.25) is 12.1 Å². The van der Waals surface area contributed by atoms with Crippen LogP contribution < -0.4 is 4.90 Å². The van der Waals surface area contributed by atoms with Gasteiger partial charge in [0.1, 0.15) is 0 Å². The summed E-state index contributed by atoms with van der Waals surface area (Å²) in [4.78, 5) is 25.0. The van der Waals surface area contributed by atoms with E-state index in [2.05, 4.69) is 0 Å². The van der Waals surface area contributed by atoms with Crippen LogP contribution in [0.1, 0.15) is 25.6 Å². The normalized spacial score (nSPS) is 11.5. The summed E-state index contributed by atoms with van der Waals surface area (Å²) in [6, 6.07) is 18.4. The standard InChI is InChI=1S/C17H17NO3/c1-13(19)18(16-11-7-4-8-12-16)17(21-14(2)20)15-9-5-3-6-10-15/h3-12,17H,1-2H3. The van der Waals surface area contributed by atoms with E-state index in [1.54, 1.807) is 12.1 Å². The highest BCUT2D eigenvalue weighted by molar-refractivity contribution is 5.92. The van der Waals surface area contributed by atoms with Crippen molar-refractivity contribution in [1.29, 1.82) is 0 Å². The SMILES string of the molecule is CC(=O)OC(c1ccccc1)N(C(C)=O)c1ccccc1. The lowest BCUT2D eigenvalue weighted by Crippen LogP contribution is -2.35. The molecule has 2 aromatic carbocycles. The average molecular weight is 283 g/mol. The first-order chi connectivity index (χ1) is 10.1. The van der Waals surface area contributed by atoms with Gasteiger partial charge in [0.15, 0.2) is 0 Å². The molecule has 0 fully saturated rings. The lowest BCUT2D eigenvalue weighted by molar-refractivity contribution is -0.147. The Kier molecular flexibility index (Phi) is 4.72. The van der Waals surface area contributed by atoms with Crippen LogP contribution >= 0.6 is 0 Å². The summed E-state index contributed by atoms with van der Waals surface area (Å²) in [6.45, 7) is 2.78. The highest BCUT2D eigenvalue weighted by atomic mass is 16.6. The Morgan fingerprint density at radius 2 is 1.43 bits per heavy atom. The van der Waals surface area contributed by atoms with Gasteiger partial charge in [-0.05, 0) is 12.1 Å². The van der Waals surface area contributed by atoms with Gasteiger partial charge in [0.25, 0.3) is 0 Å². The number of para-hydroxylation sites is 1. The number of carbonyl (C=O) groups excluding carboxylic acids is 2. The Morgan fingerprint density at radius 3 is 1.90 bits per heavy atom. The predicted molar refractivity (Wildman–Crippen MR) is 80.6 cm³/mol. The third kappa shape index (κ3) is 3.69. The molecule has 1 atom stereocenters. The van der Waals surface area contributed by atoms with E-state index in [0.29, 0.717) is 5.69 Å². The largest absolute Gasteiger partial charge is 0.437 e. The summed E-state index contributed by atoms with van der Waals surface area (Å²) in [5.74, 6) is -0.637. The molecule has 0 radical (unpaired) electrons. The topological polar surface area (TPSA) is 46.6 Å². The van der Waals surface area contributed by atoms with Crippen molar-refractivity contribution in [2.45, 2.75) is 20.1 Å². The molecule has 4 nitrogen and oxygen atoms in total. The molecule has 0 aliphatic heterocycles. The summed E-state index contributed by atoms with van der Waals surface area (Å²) < 4.78 is 5.38. The van der Waals surface area contributed by atoms with E-state index in [4.69, 9.17) is 4.74 Å². The first-order valence-electron chi connectivity index (χ1n) is 6.66. The summed E-state index contributed by atoms with van der Waals surface area (Å²) in [7, 11) is 0. The van der Waals surface area contributed by atoms with Gasteiger partial charge in [0.05, 0.1) is 0 Å². The highest BCUT2D eigenvalue weighted by Crippen LogP contribution is 2.28. The first-order valence-corrected chi connectivity index (χ1v) is 6.66. The molecular formula is C17H17NO3. The van der Waals surface area contributed by atoms with E-state index in [-0.39, 0.29) is 5.91 Å². The smallest absolute Gasteiger partial charge is 0.304 e. The number of carbonyl (C=O) groups is 2. The maximum absolute atomic E-state index is 12.1. The fourth-order valence-electron chi connectivity index (χ4n) is 2.12. The Bertz CT molecular complexity index is 610. The maximum atomic E-state index is 12.1. The molecule has 0 aliphatic carbocycles. The number of benzene rings is 2. The van der Waals surface area contributed by atoms with Crippen LogP contribution in [-0.4, -0.2) is 11.9 Å². The molecule has 2 aromatic rings. The Hall–Kier alpha value is -2.62. The van der Waals surface area contributed by atoms with Crippen molar-refractivity contribution in [2.24, 2.45) is 0 Å². The quantitative estimate of drug-likeness (QED) is 0.639. The Labute approximate surface area is 124 Å². The lowest BCUT2D eigenvalue weighted by Gasteiger charge is -2.30. The van der Waals surface area contributed by atoms with Crippen molar-refractivity contribution in [2.75, 3.05) is 4.90 Å². The minimum Gasteiger partial charge on any atom is -0.437 e. The molecule has 0 N–H and O–H groups in total. The third-order valence-corrected chi connectivity index (χ3v) is 2.97. The van der Waals surface area contributed by atoms with Gasteiger partial charge in [-0.3, -0.25) is 14.5 Å². The highest BCUT2D eigenvalue weighted by Gasteiger charge is 2.26. The van der Waals surface area contributed by atoms with E-state index in [0.717, 1.165) is 5.56 Å². The van der Waals surface area contributed by atoms with Crippen molar-refractivity contribution in [3.63, 3.8) is 0 Å². The summed E-state index contributed by atoms with van der Waals surface area (Å²) >= 11 is 0. The lowest BCUT2D eigenvalue weighted by atomic mass is 10.1. The maximum Gasteiger partial charge on any atom is 0.304 e. The number of hydrogen-bond acceptors (Lipinski definition) is 3. The molecule has 1 amide bonds. The number of nitrogens with zero attached hydrogens (tertiary/aromatic N) is 1. The number of ether oxygens (including phenoxy) is 1. The van der Waals surface area contributed by atoms with Crippen molar-refractivity contribution < 1.29 is 14.3 Å². The minimum absolute atomic E-state index is 0.198. The second kappa shape index (κ2) is 6.70. The molecule has 0 heterocycles. The average Bonchev–Trinajstić information content (AvgIpc) is 2.48. The Balaban J connectivity index is 2.46. The molecule has 0 aromatic heterocycles. The van der Waals surface area contributed by atoms with E-state index in [1.807, 2.05) is 48.5 Å². The predicted octanol–water partition coefficient (Wildman–Crippen LogP) is 3.30. The fraction of sp³-hybridized carbons (Fsp3) is 0.176. The van der Waals surface area contributed by atoms with Crippen molar-refractivity contribution in [1.82, 2.24) is 0 Å². The molecular weight excluding hydrogens is 266 g/mol. The monoisotopic (exact) mass is 283 g/mol. The van der Waals surface area contributed by atoms with Crippen LogP contribution in [0.3, 0.4) is 0 Å². The molecule has 21 heavy (non-hydrogen) atoms. The van der Waals surface area contributed by atoms with Crippen LogP contribution in [0.15, 0.2) is 60.7 Å². The molecule has 0 bridgehead atoms. The molecule has 108 valence electrons. The van der Waals surface area contributed by atoms with Crippen LogP contribution in [0.5, 0.6) is 0 Å². The molecule has 0 spiro atoms. The van der Waals surface area contributed by atoms with Crippen molar-refractivity contribution in [3.05, 3.63) is 66.2 Å². The minimum atomic E-state index is -0.774. The zero-order valence-corrected chi connectivity index (χ0v) is 12.0. The van der Waals surface area contributed by atoms with E-state index >= 15 is 0 Å². The van der Waals surface area contributed by atoms with Crippen LogP contribution in [0, 0.1) is 0 Å². The van der Waals surface area contributed by atoms with Gasteiger partial charge in [-0.1, -0.05) is 48.5 Å². The molecule has 0 saturated carbocycles. The second-order valence-corrected chi connectivity index (χ2v) is 4.60. The van der Waals surface area contributed by atoms with Gasteiger partial charge in [0, 0.05) is 25.1 Å². The molecule has 0 saturated heterocycles. The zero-order chi connectivity index (χ0) is 15.2. The van der Waals surface area contributed by atoms with Crippen LogP contribution in [-0.2, 0) is 14.3 Å². The van der Waals surface area contributed by atoms with Gasteiger partial charge in [-0.2, -0.15) is 0 Å². The van der Waals surface area contributed by atoms with Gasteiger partial charge in [-0.25, -0.2) is 0 Å². The summed E-state index contributed by atoms with van der Waals surface area (Å²) in [6.07, 6.45) is -0.774.